The minimum atomic E-state index is -0.524. The van der Waals surface area contributed by atoms with E-state index in [-0.39, 0.29) is 23.9 Å². The summed E-state index contributed by atoms with van der Waals surface area (Å²) in [4.78, 5) is 23.0. The smallest absolute Gasteiger partial charge is 0.312 e. The van der Waals surface area contributed by atoms with Crippen molar-refractivity contribution < 1.29 is 14.3 Å². The van der Waals surface area contributed by atoms with Gasteiger partial charge < -0.3 is 21.1 Å². The van der Waals surface area contributed by atoms with Gasteiger partial charge in [-0.2, -0.15) is 0 Å². The number of primary amides is 1. The minimum absolute atomic E-state index is 0.0202. The molecule has 2 aliphatic rings. The third-order valence-electron chi connectivity index (χ3n) is 4.13. The van der Waals surface area contributed by atoms with Crippen molar-refractivity contribution in [3.63, 3.8) is 0 Å². The van der Waals surface area contributed by atoms with Crippen molar-refractivity contribution in [3.05, 3.63) is 28.8 Å². The van der Waals surface area contributed by atoms with Gasteiger partial charge >= 0.3 is 6.03 Å². The minimum Gasteiger partial charge on any atom is -0.492 e. The molecule has 3 amide bonds. The third kappa shape index (κ3) is 3.27. The summed E-state index contributed by atoms with van der Waals surface area (Å²) < 4.78 is 5.63. The van der Waals surface area contributed by atoms with Gasteiger partial charge in [0.2, 0.25) is 5.91 Å². The standard InChI is InChI=1S/C15H18ClN3O3/c16-10-1-2-13-8(4-10)3-9(7-22-13)14(20)18-11-5-12(6-11)19-15(17)21/h1-2,4,9,11-12H,3,5-7H2,(H,18,20)(H3,17,19,21). The number of carbonyl (C=O) groups is 2. The Labute approximate surface area is 133 Å². The van der Waals surface area contributed by atoms with Crippen molar-refractivity contribution in [2.24, 2.45) is 11.7 Å². The molecule has 22 heavy (non-hydrogen) atoms. The molecule has 118 valence electrons. The van der Waals surface area contributed by atoms with Crippen LogP contribution in [0.4, 0.5) is 4.79 Å². The summed E-state index contributed by atoms with van der Waals surface area (Å²) >= 11 is 5.98. The zero-order valence-electron chi connectivity index (χ0n) is 12.0. The van der Waals surface area contributed by atoms with Crippen molar-refractivity contribution in [3.8, 4) is 5.75 Å². The van der Waals surface area contributed by atoms with Gasteiger partial charge in [0.05, 0.1) is 5.92 Å². The van der Waals surface area contributed by atoms with E-state index in [1.165, 1.54) is 0 Å². The maximum absolute atomic E-state index is 12.3. The average molecular weight is 324 g/mol. The molecule has 0 saturated heterocycles. The van der Waals surface area contributed by atoms with Crippen LogP contribution in [0.1, 0.15) is 18.4 Å². The van der Waals surface area contributed by atoms with Gasteiger partial charge in [-0.3, -0.25) is 4.79 Å². The highest BCUT2D eigenvalue weighted by molar-refractivity contribution is 6.30. The first kappa shape index (κ1) is 15.0. The lowest BCUT2D eigenvalue weighted by Gasteiger charge is -2.37. The number of hydrogen-bond acceptors (Lipinski definition) is 3. The van der Waals surface area contributed by atoms with E-state index in [9.17, 15) is 9.59 Å². The lowest BCUT2D eigenvalue weighted by atomic mass is 9.86. The largest absolute Gasteiger partial charge is 0.492 e. The van der Waals surface area contributed by atoms with Gasteiger partial charge in [-0.15, -0.1) is 0 Å². The van der Waals surface area contributed by atoms with E-state index in [2.05, 4.69) is 10.6 Å². The van der Waals surface area contributed by atoms with Gasteiger partial charge in [0.15, 0.2) is 0 Å². The first-order valence-electron chi connectivity index (χ1n) is 7.29. The second-order valence-electron chi connectivity index (χ2n) is 5.85. The summed E-state index contributed by atoms with van der Waals surface area (Å²) in [7, 11) is 0. The molecule has 1 aliphatic heterocycles. The molecule has 4 N–H and O–H groups in total. The van der Waals surface area contributed by atoms with E-state index in [1.807, 2.05) is 12.1 Å². The number of fused-ring (bicyclic) bond motifs is 1. The van der Waals surface area contributed by atoms with Gasteiger partial charge in [-0.1, -0.05) is 11.6 Å². The molecule has 1 saturated carbocycles. The fourth-order valence-electron chi connectivity index (χ4n) is 2.91. The highest BCUT2D eigenvalue weighted by Gasteiger charge is 2.34. The summed E-state index contributed by atoms with van der Waals surface area (Å²) in [5, 5.41) is 6.26. The van der Waals surface area contributed by atoms with Gasteiger partial charge in [0, 0.05) is 17.1 Å². The predicted molar refractivity (Wildman–Crippen MR) is 81.8 cm³/mol. The fourth-order valence-corrected chi connectivity index (χ4v) is 3.10. The van der Waals surface area contributed by atoms with Crippen LogP contribution < -0.4 is 21.1 Å². The topological polar surface area (TPSA) is 93.5 Å². The normalized spacial score (nSPS) is 26.1. The first-order valence-corrected chi connectivity index (χ1v) is 7.66. The number of benzene rings is 1. The predicted octanol–water partition coefficient (Wildman–Crippen LogP) is 1.21. The maximum Gasteiger partial charge on any atom is 0.312 e. The van der Waals surface area contributed by atoms with Crippen LogP contribution in [0.3, 0.4) is 0 Å². The summed E-state index contributed by atoms with van der Waals surface area (Å²) in [5.41, 5.74) is 6.02. The van der Waals surface area contributed by atoms with Crippen LogP contribution in [0, 0.1) is 5.92 Å². The molecule has 1 fully saturated rings. The number of halogens is 1. The lowest BCUT2D eigenvalue weighted by molar-refractivity contribution is -0.127. The molecule has 0 radical (unpaired) electrons. The Morgan fingerprint density at radius 1 is 1.23 bits per heavy atom. The van der Waals surface area contributed by atoms with Crippen LogP contribution in [-0.2, 0) is 11.2 Å². The summed E-state index contributed by atoms with van der Waals surface area (Å²) in [6, 6.07) is 5.07. The van der Waals surface area contributed by atoms with E-state index >= 15 is 0 Å². The first-order chi connectivity index (χ1) is 10.5. The number of ether oxygens (including phenoxy) is 1. The van der Waals surface area contributed by atoms with Gasteiger partial charge in [-0.05, 0) is 43.0 Å². The maximum atomic E-state index is 12.3. The Bertz CT molecular complexity index is 602. The summed E-state index contributed by atoms with van der Waals surface area (Å²) in [5.74, 6) is 0.560. The van der Waals surface area contributed by atoms with Crippen LogP contribution in [-0.4, -0.2) is 30.6 Å². The van der Waals surface area contributed by atoms with Crippen molar-refractivity contribution >= 4 is 23.5 Å². The van der Waals surface area contributed by atoms with Crippen molar-refractivity contribution in [2.45, 2.75) is 31.3 Å². The number of nitrogens with one attached hydrogen (secondary N) is 2. The van der Waals surface area contributed by atoms with E-state index in [0.717, 1.165) is 11.3 Å². The van der Waals surface area contributed by atoms with E-state index < -0.39 is 6.03 Å². The molecule has 1 aromatic carbocycles. The second kappa shape index (κ2) is 6.04. The van der Waals surface area contributed by atoms with Gasteiger partial charge in [0.1, 0.15) is 12.4 Å². The molecule has 1 aromatic rings. The van der Waals surface area contributed by atoms with Crippen molar-refractivity contribution in [1.29, 1.82) is 0 Å². The molecular weight excluding hydrogens is 306 g/mol. The van der Waals surface area contributed by atoms with E-state index in [0.29, 0.717) is 30.9 Å². The molecule has 0 aromatic heterocycles. The molecule has 0 spiro atoms. The average Bonchev–Trinajstić information content (AvgIpc) is 2.43. The Hall–Kier alpha value is -1.95. The van der Waals surface area contributed by atoms with Crippen LogP contribution in [0.5, 0.6) is 5.75 Å². The quantitative estimate of drug-likeness (QED) is 0.780. The number of urea groups is 1. The van der Waals surface area contributed by atoms with Crippen molar-refractivity contribution in [2.75, 3.05) is 6.61 Å². The number of nitrogens with two attached hydrogens (primary N) is 1. The number of rotatable bonds is 3. The molecule has 1 aliphatic carbocycles. The lowest BCUT2D eigenvalue weighted by Crippen LogP contribution is -2.56. The number of amides is 3. The van der Waals surface area contributed by atoms with E-state index in [1.54, 1.807) is 6.07 Å². The zero-order chi connectivity index (χ0) is 15.7. The third-order valence-corrected chi connectivity index (χ3v) is 4.37. The molecule has 3 rings (SSSR count). The molecule has 1 heterocycles. The number of hydrogen-bond donors (Lipinski definition) is 3. The second-order valence-corrected chi connectivity index (χ2v) is 6.28. The van der Waals surface area contributed by atoms with Crippen LogP contribution in [0.15, 0.2) is 18.2 Å². The van der Waals surface area contributed by atoms with E-state index in [4.69, 9.17) is 22.1 Å². The molecule has 1 unspecified atom stereocenters. The summed E-state index contributed by atoms with van der Waals surface area (Å²) in [6.07, 6.45) is 2.05. The number of carbonyl (C=O) groups excluding carboxylic acids is 2. The van der Waals surface area contributed by atoms with Crippen LogP contribution in [0.25, 0.3) is 0 Å². The molecule has 6 nitrogen and oxygen atoms in total. The Kier molecular flexibility index (Phi) is 4.11. The molecular formula is C15H18ClN3O3. The highest BCUT2D eigenvalue weighted by Crippen LogP contribution is 2.30. The Morgan fingerprint density at radius 3 is 2.68 bits per heavy atom. The SMILES string of the molecule is NC(=O)NC1CC(NC(=O)C2COc3ccc(Cl)cc3C2)C1. The van der Waals surface area contributed by atoms with Crippen molar-refractivity contribution in [1.82, 2.24) is 10.6 Å². The van der Waals surface area contributed by atoms with Crippen LogP contribution in [0.2, 0.25) is 5.02 Å². The molecule has 0 bridgehead atoms. The van der Waals surface area contributed by atoms with Gasteiger partial charge in [0.25, 0.3) is 0 Å². The fraction of sp³-hybridized carbons (Fsp3) is 0.467. The summed E-state index contributed by atoms with van der Waals surface area (Å²) in [6.45, 7) is 0.371. The molecule has 7 heteroatoms. The highest BCUT2D eigenvalue weighted by atomic mass is 35.5. The Balaban J connectivity index is 1.51. The molecule has 1 atom stereocenters. The van der Waals surface area contributed by atoms with Gasteiger partial charge in [-0.25, -0.2) is 4.79 Å². The Morgan fingerprint density at radius 2 is 1.95 bits per heavy atom. The monoisotopic (exact) mass is 323 g/mol. The van der Waals surface area contributed by atoms with Crippen LogP contribution >= 0.6 is 11.6 Å². The zero-order valence-corrected chi connectivity index (χ0v) is 12.7.